The Labute approximate surface area is 122 Å². The summed E-state index contributed by atoms with van der Waals surface area (Å²) in [6.45, 7) is 0. The van der Waals surface area contributed by atoms with Gasteiger partial charge in [0.15, 0.2) is 0 Å². The number of esters is 1. The molecule has 0 fully saturated rings. The van der Waals surface area contributed by atoms with E-state index in [2.05, 4.69) is 0 Å². The molecule has 20 heavy (non-hydrogen) atoms. The lowest BCUT2D eigenvalue weighted by atomic mass is 10.0. The number of methoxy groups -OCH3 is 1. The number of hydrogen-bond acceptors (Lipinski definition) is 3. The van der Waals surface area contributed by atoms with Gasteiger partial charge in [0.25, 0.3) is 0 Å². The van der Waals surface area contributed by atoms with Gasteiger partial charge >= 0.3 is 5.97 Å². The van der Waals surface area contributed by atoms with Crippen molar-refractivity contribution in [1.82, 2.24) is 0 Å². The zero-order valence-electron chi connectivity index (χ0n) is 11.0. The van der Waals surface area contributed by atoms with Crippen LogP contribution in [0.3, 0.4) is 0 Å². The number of ether oxygens (including phenoxy) is 1. The molecule has 0 saturated carbocycles. The van der Waals surface area contributed by atoms with E-state index in [0.717, 1.165) is 5.56 Å². The van der Waals surface area contributed by atoms with Gasteiger partial charge in [0.2, 0.25) is 0 Å². The maximum Gasteiger partial charge on any atom is 0.338 e. The second kappa shape index (κ2) is 6.26. The normalized spacial score (nSPS) is 11.2. The highest BCUT2D eigenvalue weighted by molar-refractivity contribution is 6.31. The first kappa shape index (κ1) is 14.2. The van der Waals surface area contributed by atoms with Crippen LogP contribution in [0.15, 0.2) is 48.5 Å². The smallest absolute Gasteiger partial charge is 0.338 e. The first-order chi connectivity index (χ1) is 9.61. The number of benzene rings is 2. The molecular formula is C16H14ClNO2. The number of rotatable bonds is 3. The third kappa shape index (κ3) is 3.19. The summed E-state index contributed by atoms with van der Waals surface area (Å²) in [5, 5.41) is 0.554. The van der Waals surface area contributed by atoms with E-state index >= 15 is 0 Å². The summed E-state index contributed by atoms with van der Waals surface area (Å²) < 4.78 is 4.83. The molecular weight excluding hydrogens is 274 g/mol. The van der Waals surface area contributed by atoms with Crippen molar-refractivity contribution in [2.24, 2.45) is 0 Å². The fourth-order valence-corrected chi connectivity index (χ4v) is 2.01. The Morgan fingerprint density at radius 2 is 1.95 bits per heavy atom. The minimum atomic E-state index is -0.435. The van der Waals surface area contributed by atoms with E-state index in [9.17, 15) is 4.79 Å². The van der Waals surface area contributed by atoms with Gasteiger partial charge in [-0.2, -0.15) is 0 Å². The highest BCUT2D eigenvalue weighted by Crippen LogP contribution is 2.24. The molecule has 0 aliphatic heterocycles. The fourth-order valence-electron chi connectivity index (χ4n) is 1.82. The maximum atomic E-state index is 12.0. The van der Waals surface area contributed by atoms with Gasteiger partial charge < -0.3 is 10.5 Å². The Kier molecular flexibility index (Phi) is 4.43. The van der Waals surface area contributed by atoms with E-state index in [4.69, 9.17) is 22.1 Å². The van der Waals surface area contributed by atoms with Crippen LogP contribution in [0.2, 0.25) is 5.02 Å². The standard InChI is InChI=1S/C16H14ClNO2/c1-20-16(19)14(11-6-4-7-13(17)9-11)10-12-5-2-3-8-15(12)18/h2-10H,18H2,1H3/b14-10+. The quantitative estimate of drug-likeness (QED) is 0.406. The lowest BCUT2D eigenvalue weighted by Crippen LogP contribution is -2.04. The Hall–Kier alpha value is -2.26. The van der Waals surface area contributed by atoms with Crippen molar-refractivity contribution < 1.29 is 9.53 Å². The van der Waals surface area contributed by atoms with Gasteiger partial charge in [0.1, 0.15) is 0 Å². The van der Waals surface area contributed by atoms with Gasteiger partial charge in [-0.1, -0.05) is 41.9 Å². The van der Waals surface area contributed by atoms with Crippen molar-refractivity contribution in [3.05, 3.63) is 64.7 Å². The van der Waals surface area contributed by atoms with Crippen molar-refractivity contribution in [3.8, 4) is 0 Å². The molecule has 0 aliphatic rings. The van der Waals surface area contributed by atoms with E-state index < -0.39 is 5.97 Å². The third-order valence-corrected chi connectivity index (χ3v) is 3.07. The second-order valence-electron chi connectivity index (χ2n) is 4.19. The van der Waals surface area contributed by atoms with E-state index in [1.807, 2.05) is 18.2 Å². The number of anilines is 1. The molecule has 0 radical (unpaired) electrons. The monoisotopic (exact) mass is 287 g/mol. The highest BCUT2D eigenvalue weighted by atomic mass is 35.5. The number of para-hydroxylation sites is 1. The van der Waals surface area contributed by atoms with Crippen molar-refractivity contribution in [2.45, 2.75) is 0 Å². The Balaban J connectivity index is 2.54. The molecule has 0 unspecified atom stereocenters. The molecule has 4 heteroatoms. The summed E-state index contributed by atoms with van der Waals surface area (Å²) >= 11 is 5.97. The molecule has 0 aromatic heterocycles. The molecule has 0 saturated heterocycles. The molecule has 3 nitrogen and oxygen atoms in total. The van der Waals surface area contributed by atoms with Crippen molar-refractivity contribution in [3.63, 3.8) is 0 Å². The predicted octanol–water partition coefficient (Wildman–Crippen LogP) is 3.64. The number of carbonyl (C=O) groups is 1. The fraction of sp³-hybridized carbons (Fsp3) is 0.0625. The molecule has 2 aromatic carbocycles. The molecule has 0 amide bonds. The Bertz CT molecular complexity index is 665. The first-order valence-electron chi connectivity index (χ1n) is 6.02. The Morgan fingerprint density at radius 3 is 2.60 bits per heavy atom. The number of nitrogen functional groups attached to an aromatic ring is 1. The number of nitrogens with two attached hydrogens (primary N) is 1. The predicted molar refractivity (Wildman–Crippen MR) is 82.2 cm³/mol. The van der Waals surface area contributed by atoms with E-state index in [-0.39, 0.29) is 0 Å². The van der Waals surface area contributed by atoms with E-state index in [1.54, 1.807) is 36.4 Å². The largest absolute Gasteiger partial charge is 0.465 e. The van der Waals surface area contributed by atoms with Crippen LogP contribution >= 0.6 is 11.6 Å². The van der Waals surface area contributed by atoms with Crippen LogP contribution < -0.4 is 5.73 Å². The molecule has 2 aromatic rings. The minimum absolute atomic E-state index is 0.410. The summed E-state index contributed by atoms with van der Waals surface area (Å²) in [7, 11) is 1.34. The molecule has 102 valence electrons. The molecule has 0 bridgehead atoms. The SMILES string of the molecule is COC(=O)/C(=C/c1ccccc1N)c1cccc(Cl)c1. The van der Waals surface area contributed by atoms with E-state index in [1.165, 1.54) is 7.11 Å². The minimum Gasteiger partial charge on any atom is -0.465 e. The van der Waals surface area contributed by atoms with Crippen LogP contribution in [0.4, 0.5) is 5.69 Å². The van der Waals surface area contributed by atoms with Crippen LogP contribution in [0.5, 0.6) is 0 Å². The molecule has 0 spiro atoms. The summed E-state index contributed by atoms with van der Waals surface area (Å²) in [6, 6.07) is 14.3. The van der Waals surface area contributed by atoms with E-state index in [0.29, 0.717) is 21.8 Å². The summed E-state index contributed by atoms with van der Waals surface area (Å²) in [6.07, 6.45) is 1.70. The first-order valence-corrected chi connectivity index (χ1v) is 6.40. The Morgan fingerprint density at radius 1 is 1.20 bits per heavy atom. The van der Waals surface area contributed by atoms with Crippen LogP contribution in [-0.2, 0) is 9.53 Å². The maximum absolute atomic E-state index is 12.0. The van der Waals surface area contributed by atoms with Crippen LogP contribution in [0, 0.1) is 0 Å². The zero-order valence-corrected chi connectivity index (χ0v) is 11.7. The van der Waals surface area contributed by atoms with Crippen molar-refractivity contribution in [1.29, 1.82) is 0 Å². The number of carbonyl (C=O) groups excluding carboxylic acids is 1. The van der Waals surface area contributed by atoms with Gasteiger partial charge in [-0.3, -0.25) is 0 Å². The lowest BCUT2D eigenvalue weighted by molar-refractivity contribution is -0.133. The van der Waals surface area contributed by atoms with Crippen LogP contribution in [0.1, 0.15) is 11.1 Å². The lowest BCUT2D eigenvalue weighted by Gasteiger charge is -2.08. The summed E-state index contributed by atoms with van der Waals surface area (Å²) in [4.78, 5) is 12.0. The second-order valence-corrected chi connectivity index (χ2v) is 4.63. The number of hydrogen-bond donors (Lipinski definition) is 1. The van der Waals surface area contributed by atoms with Crippen molar-refractivity contribution >= 4 is 34.9 Å². The number of halogens is 1. The average molecular weight is 288 g/mol. The van der Waals surface area contributed by atoms with Gasteiger partial charge in [-0.15, -0.1) is 0 Å². The van der Waals surface area contributed by atoms with Gasteiger partial charge in [0.05, 0.1) is 12.7 Å². The van der Waals surface area contributed by atoms with Gasteiger partial charge in [-0.25, -0.2) is 4.79 Å². The summed E-state index contributed by atoms with van der Waals surface area (Å²) in [5.41, 5.74) is 8.34. The highest BCUT2D eigenvalue weighted by Gasteiger charge is 2.13. The van der Waals surface area contributed by atoms with Crippen LogP contribution in [0.25, 0.3) is 11.6 Å². The summed E-state index contributed by atoms with van der Waals surface area (Å²) in [5.74, 6) is -0.435. The zero-order chi connectivity index (χ0) is 14.5. The van der Waals surface area contributed by atoms with Gasteiger partial charge in [-0.05, 0) is 35.4 Å². The topological polar surface area (TPSA) is 52.3 Å². The molecule has 0 atom stereocenters. The molecule has 0 aliphatic carbocycles. The average Bonchev–Trinajstić information content (AvgIpc) is 2.45. The molecule has 2 rings (SSSR count). The molecule has 2 N–H and O–H groups in total. The van der Waals surface area contributed by atoms with Crippen LogP contribution in [-0.4, -0.2) is 13.1 Å². The molecule has 0 heterocycles. The van der Waals surface area contributed by atoms with Crippen molar-refractivity contribution in [2.75, 3.05) is 12.8 Å². The third-order valence-electron chi connectivity index (χ3n) is 2.84. The van der Waals surface area contributed by atoms with Gasteiger partial charge in [0, 0.05) is 10.7 Å².